The highest BCUT2D eigenvalue weighted by Crippen LogP contribution is 2.28. The molecule has 3 aromatic rings. The van der Waals surface area contributed by atoms with Gasteiger partial charge >= 0.3 is 6.18 Å². The Morgan fingerprint density at radius 2 is 2.00 bits per heavy atom. The van der Waals surface area contributed by atoms with E-state index in [-0.39, 0.29) is 12.5 Å². The van der Waals surface area contributed by atoms with Crippen LogP contribution >= 0.6 is 0 Å². The third-order valence-corrected chi connectivity index (χ3v) is 4.89. The van der Waals surface area contributed by atoms with Gasteiger partial charge < -0.3 is 15.5 Å². The van der Waals surface area contributed by atoms with Gasteiger partial charge in [-0.1, -0.05) is 6.92 Å². The molecule has 3 rings (SSSR count). The molecule has 182 valence electrons. The van der Waals surface area contributed by atoms with Crippen LogP contribution in [0.3, 0.4) is 0 Å². The third kappa shape index (κ3) is 6.42. The summed E-state index contributed by atoms with van der Waals surface area (Å²) < 4.78 is 40.2. The second kappa shape index (κ2) is 10.5. The molecular weight excluding hydrogens is 449 g/mol. The fourth-order valence-corrected chi connectivity index (χ4v) is 3.36. The number of amides is 1. The minimum Gasteiger partial charge on any atom is -0.358 e. The van der Waals surface area contributed by atoms with E-state index in [9.17, 15) is 18.0 Å². The van der Waals surface area contributed by atoms with Gasteiger partial charge in [-0.3, -0.25) is 14.5 Å². The number of carbonyl (C=O) groups excluding carboxylic acids is 1. The van der Waals surface area contributed by atoms with Crippen LogP contribution < -0.4 is 15.5 Å². The number of hydrogen-bond donors (Lipinski definition) is 2. The lowest BCUT2D eigenvalue weighted by molar-refractivity contribution is -0.141. The van der Waals surface area contributed by atoms with Crippen molar-refractivity contribution in [1.29, 1.82) is 0 Å². The third-order valence-electron chi connectivity index (χ3n) is 4.89. The molecule has 3 heterocycles. The Bertz CT molecular complexity index is 1150. The molecular formula is C22H27F3N8O. The smallest absolute Gasteiger partial charge is 0.358 e. The van der Waals surface area contributed by atoms with Crippen LogP contribution in [0.5, 0.6) is 0 Å². The first-order valence-corrected chi connectivity index (χ1v) is 10.7. The Balaban J connectivity index is 1.72. The molecule has 12 heteroatoms. The fraction of sp³-hybridized carbons (Fsp3) is 0.409. The van der Waals surface area contributed by atoms with E-state index in [0.29, 0.717) is 35.3 Å². The molecule has 0 atom stereocenters. The van der Waals surface area contributed by atoms with E-state index >= 15 is 0 Å². The standard InChI is InChI=1S/C22H27F3N8O/c1-5-8-32(4)20-19(30-15(3)34)14(2)29-21(31-20)27-10-17-11-28-33(13-17)12-16-6-7-26-18(9-16)22(23,24)25/h6-7,9,11,13H,5,8,10,12H2,1-4H3,(H,30,34)(H,27,29,31). The van der Waals surface area contributed by atoms with Crippen molar-refractivity contribution in [2.45, 2.75) is 46.5 Å². The highest BCUT2D eigenvalue weighted by atomic mass is 19.4. The predicted molar refractivity (Wildman–Crippen MR) is 123 cm³/mol. The molecule has 9 nitrogen and oxygen atoms in total. The van der Waals surface area contributed by atoms with Crippen molar-refractivity contribution in [3.63, 3.8) is 0 Å². The molecule has 0 radical (unpaired) electrons. The van der Waals surface area contributed by atoms with Crippen molar-refractivity contribution in [2.24, 2.45) is 0 Å². The maximum Gasteiger partial charge on any atom is 0.433 e. The minimum absolute atomic E-state index is 0.179. The van der Waals surface area contributed by atoms with E-state index in [1.165, 1.54) is 13.0 Å². The molecule has 0 saturated carbocycles. The van der Waals surface area contributed by atoms with Crippen LogP contribution in [-0.2, 0) is 24.1 Å². The van der Waals surface area contributed by atoms with Crippen molar-refractivity contribution in [2.75, 3.05) is 29.1 Å². The predicted octanol–water partition coefficient (Wildman–Crippen LogP) is 3.86. The summed E-state index contributed by atoms with van der Waals surface area (Å²) in [6.45, 7) is 6.57. The average molecular weight is 477 g/mol. The Hall–Kier alpha value is -3.70. The molecule has 2 N–H and O–H groups in total. The van der Waals surface area contributed by atoms with Gasteiger partial charge in [0, 0.05) is 45.0 Å². The number of aryl methyl sites for hydroxylation is 1. The number of hydrogen-bond acceptors (Lipinski definition) is 7. The van der Waals surface area contributed by atoms with Crippen LogP contribution in [0.2, 0.25) is 0 Å². The molecule has 3 aromatic heterocycles. The number of carbonyl (C=O) groups is 1. The number of pyridine rings is 1. The van der Waals surface area contributed by atoms with Gasteiger partial charge in [0.1, 0.15) is 11.4 Å². The number of rotatable bonds is 9. The molecule has 0 unspecified atom stereocenters. The van der Waals surface area contributed by atoms with E-state index in [1.54, 1.807) is 24.0 Å². The molecule has 0 saturated heterocycles. The number of anilines is 3. The summed E-state index contributed by atoms with van der Waals surface area (Å²) >= 11 is 0. The SMILES string of the molecule is CCCN(C)c1nc(NCc2cnn(Cc3ccnc(C(F)(F)F)c3)c2)nc(C)c1NC(C)=O. The monoisotopic (exact) mass is 476 g/mol. The number of nitrogens with one attached hydrogen (secondary N) is 2. The Morgan fingerprint density at radius 3 is 2.68 bits per heavy atom. The van der Waals surface area contributed by atoms with E-state index in [0.717, 1.165) is 30.8 Å². The average Bonchev–Trinajstić information content (AvgIpc) is 3.20. The Kier molecular flexibility index (Phi) is 7.69. The topological polar surface area (TPSA) is 101 Å². The summed E-state index contributed by atoms with van der Waals surface area (Å²) in [7, 11) is 1.90. The van der Waals surface area contributed by atoms with Gasteiger partial charge in [0.05, 0.1) is 18.4 Å². The largest absolute Gasteiger partial charge is 0.433 e. The Morgan fingerprint density at radius 1 is 1.24 bits per heavy atom. The van der Waals surface area contributed by atoms with E-state index < -0.39 is 11.9 Å². The molecule has 0 bridgehead atoms. The zero-order valence-electron chi connectivity index (χ0n) is 19.4. The first-order valence-electron chi connectivity index (χ1n) is 10.7. The minimum atomic E-state index is -4.49. The van der Waals surface area contributed by atoms with Crippen molar-refractivity contribution >= 4 is 23.4 Å². The van der Waals surface area contributed by atoms with Crippen LogP contribution in [0.15, 0.2) is 30.7 Å². The highest BCUT2D eigenvalue weighted by molar-refractivity contribution is 5.93. The van der Waals surface area contributed by atoms with E-state index in [4.69, 9.17) is 0 Å². The number of aromatic nitrogens is 5. The van der Waals surface area contributed by atoms with Crippen molar-refractivity contribution in [3.8, 4) is 0 Å². The van der Waals surface area contributed by atoms with E-state index in [1.807, 2.05) is 11.9 Å². The normalized spacial score (nSPS) is 11.4. The zero-order chi connectivity index (χ0) is 24.9. The maximum absolute atomic E-state index is 12.9. The molecule has 0 aliphatic heterocycles. The van der Waals surface area contributed by atoms with Gasteiger partial charge in [-0.15, -0.1) is 0 Å². The summed E-state index contributed by atoms with van der Waals surface area (Å²) in [5.74, 6) is 0.796. The van der Waals surface area contributed by atoms with Crippen LogP contribution in [-0.4, -0.2) is 44.2 Å². The summed E-state index contributed by atoms with van der Waals surface area (Å²) in [4.78, 5) is 26.0. The second-order valence-corrected chi connectivity index (χ2v) is 7.88. The zero-order valence-corrected chi connectivity index (χ0v) is 19.4. The van der Waals surface area contributed by atoms with Gasteiger partial charge in [-0.25, -0.2) is 4.98 Å². The first-order chi connectivity index (χ1) is 16.1. The summed E-state index contributed by atoms with van der Waals surface area (Å²) in [5.41, 5.74) is 1.51. The molecule has 0 aliphatic carbocycles. The lowest BCUT2D eigenvalue weighted by Crippen LogP contribution is -2.23. The van der Waals surface area contributed by atoms with Crippen LogP contribution in [0.4, 0.5) is 30.6 Å². The summed E-state index contributed by atoms with van der Waals surface area (Å²) in [6, 6.07) is 2.54. The summed E-state index contributed by atoms with van der Waals surface area (Å²) in [5, 5.41) is 10.2. The highest BCUT2D eigenvalue weighted by Gasteiger charge is 2.32. The number of halogens is 3. The number of nitrogens with zero attached hydrogens (tertiary/aromatic N) is 6. The quantitative estimate of drug-likeness (QED) is 0.484. The molecule has 1 amide bonds. The first kappa shape index (κ1) is 24.9. The van der Waals surface area contributed by atoms with Gasteiger partial charge in [-0.05, 0) is 31.0 Å². The fourth-order valence-electron chi connectivity index (χ4n) is 3.36. The van der Waals surface area contributed by atoms with Gasteiger partial charge in [0.15, 0.2) is 5.82 Å². The van der Waals surface area contributed by atoms with Gasteiger partial charge in [0.25, 0.3) is 0 Å². The lowest BCUT2D eigenvalue weighted by Gasteiger charge is -2.22. The summed E-state index contributed by atoms with van der Waals surface area (Å²) in [6.07, 6.45) is 0.919. The van der Waals surface area contributed by atoms with Crippen LogP contribution in [0.1, 0.15) is 42.8 Å². The second-order valence-electron chi connectivity index (χ2n) is 7.88. The Labute approximate surface area is 195 Å². The van der Waals surface area contributed by atoms with Gasteiger partial charge in [0.2, 0.25) is 11.9 Å². The number of alkyl halides is 3. The molecule has 0 aliphatic rings. The van der Waals surface area contributed by atoms with Crippen LogP contribution in [0.25, 0.3) is 0 Å². The molecule has 34 heavy (non-hydrogen) atoms. The van der Waals surface area contributed by atoms with Crippen molar-refractivity contribution in [1.82, 2.24) is 24.7 Å². The van der Waals surface area contributed by atoms with Gasteiger partial charge in [-0.2, -0.15) is 23.3 Å². The molecule has 0 fully saturated rings. The van der Waals surface area contributed by atoms with Crippen LogP contribution in [0, 0.1) is 6.92 Å². The van der Waals surface area contributed by atoms with Crippen molar-refractivity contribution in [3.05, 3.63) is 53.2 Å². The van der Waals surface area contributed by atoms with Crippen molar-refractivity contribution < 1.29 is 18.0 Å². The molecule has 0 aromatic carbocycles. The molecule has 0 spiro atoms. The van der Waals surface area contributed by atoms with E-state index in [2.05, 4.69) is 37.6 Å². The maximum atomic E-state index is 12.9. The lowest BCUT2D eigenvalue weighted by atomic mass is 10.2.